The number of aromatic nitrogens is 2. The largest absolute Gasteiger partial charge is 0.258 e. The Kier molecular flexibility index (Phi) is 4.16. The van der Waals surface area contributed by atoms with E-state index in [-0.39, 0.29) is 29.6 Å². The zero-order chi connectivity index (χ0) is 4.41. The van der Waals surface area contributed by atoms with Gasteiger partial charge in [-0.2, -0.15) is 5.10 Å². The normalized spacial score (nSPS) is 7.43. The van der Waals surface area contributed by atoms with Crippen LogP contribution in [0.3, 0.4) is 0 Å². The van der Waals surface area contributed by atoms with Crippen molar-refractivity contribution in [1.82, 2.24) is 10.2 Å². The van der Waals surface area contributed by atoms with Crippen molar-refractivity contribution in [1.29, 1.82) is 0 Å². The molecule has 0 aliphatic heterocycles. The van der Waals surface area contributed by atoms with Crippen LogP contribution in [0.5, 0.6) is 0 Å². The van der Waals surface area contributed by atoms with Gasteiger partial charge in [-0.1, -0.05) is 11.3 Å². The Morgan fingerprint density at radius 3 is 2.71 bits per heavy atom. The molecule has 1 heterocycles. The van der Waals surface area contributed by atoms with Crippen molar-refractivity contribution in [3.8, 4) is 0 Å². The number of nitrogens with zero attached hydrogens (tertiary/aromatic N) is 1. The Hall–Kier alpha value is 0.780. The maximum Gasteiger partial charge on any atom is 0.176 e. The van der Waals surface area contributed by atoms with Crippen molar-refractivity contribution in [2.24, 2.45) is 0 Å². The average molecular weight is 141 g/mol. The van der Waals surface area contributed by atoms with Gasteiger partial charge in [-0.25, -0.2) is 0 Å². The van der Waals surface area contributed by atoms with E-state index in [4.69, 9.17) is 0 Å². The van der Waals surface area contributed by atoms with Gasteiger partial charge in [0.05, 0.1) is 0 Å². The van der Waals surface area contributed by atoms with Crippen molar-refractivity contribution < 1.29 is 0 Å². The monoisotopic (exact) mass is 141 g/mol. The predicted octanol–water partition coefficient (Wildman–Crippen LogP) is 0.820. The van der Waals surface area contributed by atoms with Gasteiger partial charge in [0, 0.05) is 29.6 Å². The van der Waals surface area contributed by atoms with Gasteiger partial charge in [0.1, 0.15) is 5.51 Å². The standard InChI is InChI=1S/C2H2N2S2.Na/c5-2-4-3-1-6-2;/h1H,(H,4,5);. The molecule has 5 heteroatoms. The summed E-state index contributed by atoms with van der Waals surface area (Å²) in [6, 6.07) is 0. The molecule has 0 unspecified atom stereocenters. The molecule has 1 aromatic rings. The van der Waals surface area contributed by atoms with E-state index in [2.05, 4.69) is 22.4 Å². The van der Waals surface area contributed by atoms with Gasteiger partial charge in [-0.05, 0) is 12.2 Å². The molecule has 0 atom stereocenters. The van der Waals surface area contributed by atoms with Crippen LogP contribution in [0.2, 0.25) is 0 Å². The fraction of sp³-hybridized carbons (Fsp3) is 0. The van der Waals surface area contributed by atoms with Crippen molar-refractivity contribution in [2.45, 2.75) is 0 Å². The van der Waals surface area contributed by atoms with E-state index in [0.717, 1.165) is 3.95 Å². The summed E-state index contributed by atoms with van der Waals surface area (Å²) in [6.45, 7) is 0. The van der Waals surface area contributed by atoms with E-state index in [1.54, 1.807) is 5.51 Å². The molecule has 0 spiro atoms. The van der Waals surface area contributed by atoms with E-state index >= 15 is 0 Å². The van der Waals surface area contributed by atoms with Crippen molar-refractivity contribution in [2.75, 3.05) is 0 Å². The van der Waals surface area contributed by atoms with Crippen LogP contribution in [0.1, 0.15) is 0 Å². The van der Waals surface area contributed by atoms with Crippen LogP contribution in [0.15, 0.2) is 5.51 Å². The van der Waals surface area contributed by atoms with E-state index in [1.165, 1.54) is 11.3 Å². The molecule has 1 aromatic heterocycles. The zero-order valence-electron chi connectivity index (χ0n) is 3.84. The molecule has 0 saturated carbocycles. The van der Waals surface area contributed by atoms with E-state index in [0.29, 0.717) is 0 Å². The summed E-state index contributed by atoms with van der Waals surface area (Å²) in [5.74, 6) is 0. The first-order valence-corrected chi connectivity index (χ1v) is 2.66. The Bertz CT molecular complexity index is 151. The summed E-state index contributed by atoms with van der Waals surface area (Å²) in [4.78, 5) is 0. The van der Waals surface area contributed by atoms with E-state index in [1.807, 2.05) is 0 Å². The smallest absolute Gasteiger partial charge is 0.176 e. The molecule has 0 amide bonds. The molecule has 1 N–H and O–H groups in total. The summed E-state index contributed by atoms with van der Waals surface area (Å²) in [7, 11) is 0. The minimum absolute atomic E-state index is 0. The first-order chi connectivity index (χ1) is 2.89. The maximum atomic E-state index is 4.65. The number of rotatable bonds is 0. The molecule has 7 heavy (non-hydrogen) atoms. The Morgan fingerprint density at radius 2 is 2.57 bits per heavy atom. The SMILES string of the molecule is S=c1[nH]ncs1.[Na]. The molecule has 0 bridgehead atoms. The van der Waals surface area contributed by atoms with E-state index < -0.39 is 0 Å². The van der Waals surface area contributed by atoms with Crippen LogP contribution in [-0.4, -0.2) is 39.8 Å². The van der Waals surface area contributed by atoms with Gasteiger partial charge in [-0.15, -0.1) is 0 Å². The van der Waals surface area contributed by atoms with Gasteiger partial charge >= 0.3 is 0 Å². The number of nitrogens with one attached hydrogen (secondary N) is 1. The van der Waals surface area contributed by atoms with Crippen molar-refractivity contribution in [3.05, 3.63) is 9.46 Å². The average Bonchev–Trinajstić information content (AvgIpc) is 1.86. The third kappa shape index (κ3) is 2.56. The summed E-state index contributed by atoms with van der Waals surface area (Å²) in [6.07, 6.45) is 0. The van der Waals surface area contributed by atoms with Crippen LogP contribution < -0.4 is 0 Å². The molecule has 0 aliphatic rings. The summed E-state index contributed by atoms with van der Waals surface area (Å²) in [5, 5.41) is 6.19. The van der Waals surface area contributed by atoms with Crippen LogP contribution in [-0.2, 0) is 0 Å². The van der Waals surface area contributed by atoms with Gasteiger partial charge in [0.2, 0.25) is 0 Å². The summed E-state index contributed by atoms with van der Waals surface area (Å²) < 4.78 is 0.731. The quantitative estimate of drug-likeness (QED) is 0.428. The van der Waals surface area contributed by atoms with Crippen molar-refractivity contribution in [3.63, 3.8) is 0 Å². The van der Waals surface area contributed by atoms with Gasteiger partial charge in [0.25, 0.3) is 0 Å². The molecule has 0 saturated heterocycles. The van der Waals surface area contributed by atoms with Crippen LogP contribution >= 0.6 is 23.6 Å². The van der Waals surface area contributed by atoms with E-state index in [9.17, 15) is 0 Å². The number of H-pyrrole nitrogens is 1. The third-order valence-electron chi connectivity index (χ3n) is 0.368. The molecule has 33 valence electrons. The summed E-state index contributed by atoms with van der Waals surface area (Å²) >= 11 is 6.07. The van der Waals surface area contributed by atoms with Crippen LogP contribution in [0.4, 0.5) is 0 Å². The summed E-state index contributed by atoms with van der Waals surface area (Å²) in [5.41, 5.74) is 1.67. The second-order valence-electron chi connectivity index (χ2n) is 0.752. The van der Waals surface area contributed by atoms with Gasteiger partial charge in [0.15, 0.2) is 3.95 Å². The van der Waals surface area contributed by atoms with Crippen LogP contribution in [0, 0.1) is 3.95 Å². The fourth-order valence-electron chi connectivity index (χ4n) is 0.180. The molecule has 1 rings (SSSR count). The third-order valence-corrected chi connectivity index (χ3v) is 1.26. The van der Waals surface area contributed by atoms with Crippen LogP contribution in [0.25, 0.3) is 0 Å². The second kappa shape index (κ2) is 3.74. The van der Waals surface area contributed by atoms with Gasteiger partial charge in [-0.3, -0.25) is 5.10 Å². The maximum absolute atomic E-state index is 4.65. The molecule has 0 aromatic carbocycles. The number of aromatic amines is 1. The number of hydrogen-bond acceptors (Lipinski definition) is 3. The molecule has 2 nitrogen and oxygen atoms in total. The first-order valence-electron chi connectivity index (χ1n) is 1.38. The zero-order valence-corrected chi connectivity index (χ0v) is 7.47. The minimum atomic E-state index is 0. The molecule has 0 aliphatic carbocycles. The molecular weight excluding hydrogens is 139 g/mol. The molecule has 0 fully saturated rings. The molecular formula is C2H2N2NaS2. The Morgan fingerprint density at radius 1 is 1.86 bits per heavy atom. The minimum Gasteiger partial charge on any atom is -0.258 e. The second-order valence-corrected chi connectivity index (χ2v) is 2.27. The topological polar surface area (TPSA) is 28.7 Å². The van der Waals surface area contributed by atoms with Crippen molar-refractivity contribution >= 4 is 53.1 Å². The Labute approximate surface area is 72.3 Å². The first kappa shape index (κ1) is 7.78. The van der Waals surface area contributed by atoms with Gasteiger partial charge < -0.3 is 0 Å². The fourth-order valence-corrected chi connectivity index (χ4v) is 0.668. The predicted molar refractivity (Wildman–Crippen MR) is 33.1 cm³/mol. The Balaban J connectivity index is 0.000000360. The number of hydrogen-bond donors (Lipinski definition) is 1. The molecule has 1 radical (unpaired) electrons.